The number of likely N-dealkylation sites (tertiary alicyclic amines) is 2. The fourth-order valence-corrected chi connectivity index (χ4v) is 6.34. The lowest BCUT2D eigenvalue weighted by Gasteiger charge is -2.40. The third kappa shape index (κ3) is 5.09. The van der Waals surface area contributed by atoms with Crippen LogP contribution in [-0.2, 0) is 6.18 Å². The van der Waals surface area contributed by atoms with Crippen LogP contribution in [0.2, 0.25) is 0 Å². The number of benzene rings is 3. The molecule has 0 saturated carbocycles. The second kappa shape index (κ2) is 10.3. The van der Waals surface area contributed by atoms with Crippen molar-refractivity contribution in [1.29, 1.82) is 0 Å². The maximum Gasteiger partial charge on any atom is 0.416 e. The Morgan fingerprint density at radius 3 is 2.20 bits per heavy atom. The molecule has 2 aliphatic rings. The van der Waals surface area contributed by atoms with Crippen molar-refractivity contribution in [3.63, 3.8) is 0 Å². The predicted octanol–water partition coefficient (Wildman–Crippen LogP) is 6.05. The number of nitrogens with zero attached hydrogens (tertiary/aromatic N) is 2. The number of fused-ring (bicyclic) bond motifs is 1. The minimum atomic E-state index is -4.43. The number of thiophene rings is 1. The second-order valence-corrected chi connectivity index (χ2v) is 11.3. The molecule has 10 heteroatoms. The normalized spacial score (nSPS) is 17.9. The third-order valence-electron chi connectivity index (χ3n) is 7.50. The zero-order valence-corrected chi connectivity index (χ0v) is 22.1. The molecule has 2 aliphatic heterocycles. The van der Waals surface area contributed by atoms with E-state index in [4.69, 9.17) is 0 Å². The molecule has 206 valence electrons. The predicted molar refractivity (Wildman–Crippen MR) is 146 cm³/mol. The first-order valence-corrected chi connectivity index (χ1v) is 13.8. The lowest BCUT2D eigenvalue weighted by Crippen LogP contribution is -2.62. The Balaban J connectivity index is 1.07. The van der Waals surface area contributed by atoms with E-state index in [2.05, 4.69) is 5.32 Å². The van der Waals surface area contributed by atoms with Gasteiger partial charge in [-0.15, -0.1) is 11.3 Å². The number of rotatable bonds is 5. The second-order valence-electron chi connectivity index (χ2n) is 10.2. The first kappa shape index (κ1) is 26.5. The van der Waals surface area contributed by atoms with Gasteiger partial charge in [-0.25, -0.2) is 4.39 Å². The van der Waals surface area contributed by atoms with Gasteiger partial charge in [-0.1, -0.05) is 36.4 Å². The van der Waals surface area contributed by atoms with Gasteiger partial charge in [0.1, 0.15) is 4.88 Å². The summed E-state index contributed by atoms with van der Waals surface area (Å²) in [5, 5.41) is 3.79. The highest BCUT2D eigenvalue weighted by Gasteiger charge is 2.37. The lowest BCUT2D eigenvalue weighted by molar-refractivity contribution is -0.137. The standard InChI is InChI=1S/C30H25F4N3O2S/c31-26-24-14-20(18-6-9-21(10-7-18)30(32,33)34)8-11-25(24)40-27(26)29(39)37-16-23(17-37)35-22-12-13-36(15-22)28(38)19-4-2-1-3-5-19/h1-11,14,22-23,35H,12-13,15-17H2/t22-/m0/s1. The van der Waals surface area contributed by atoms with Gasteiger partial charge in [0.2, 0.25) is 0 Å². The molecule has 0 spiro atoms. The summed E-state index contributed by atoms with van der Waals surface area (Å²) in [4.78, 5) is 29.2. The minimum absolute atomic E-state index is 0.0111. The Bertz CT molecular complexity index is 1560. The van der Waals surface area contributed by atoms with Crippen molar-refractivity contribution in [2.45, 2.75) is 24.7 Å². The Morgan fingerprint density at radius 2 is 1.50 bits per heavy atom. The van der Waals surface area contributed by atoms with Crippen molar-refractivity contribution in [1.82, 2.24) is 15.1 Å². The van der Waals surface area contributed by atoms with Gasteiger partial charge in [-0.3, -0.25) is 9.59 Å². The molecular weight excluding hydrogens is 542 g/mol. The molecule has 1 N–H and O–H groups in total. The quantitative estimate of drug-likeness (QED) is 0.299. The van der Waals surface area contributed by atoms with Crippen LogP contribution in [0.4, 0.5) is 17.6 Å². The number of amides is 2. The van der Waals surface area contributed by atoms with Crippen LogP contribution in [0.15, 0.2) is 72.8 Å². The average Bonchev–Trinajstić information content (AvgIpc) is 3.54. The highest BCUT2D eigenvalue weighted by atomic mass is 32.1. The molecular formula is C30H25F4N3O2S. The van der Waals surface area contributed by atoms with E-state index in [1.165, 1.54) is 12.1 Å². The summed E-state index contributed by atoms with van der Waals surface area (Å²) in [7, 11) is 0. The molecule has 2 amide bonds. The molecule has 6 rings (SSSR count). The molecule has 3 heterocycles. The van der Waals surface area contributed by atoms with Crippen molar-refractivity contribution >= 4 is 33.2 Å². The van der Waals surface area contributed by atoms with Gasteiger partial charge in [0.25, 0.3) is 11.8 Å². The van der Waals surface area contributed by atoms with Crippen molar-refractivity contribution in [3.8, 4) is 11.1 Å². The minimum Gasteiger partial charge on any atom is -0.337 e. The molecule has 1 aromatic heterocycles. The molecule has 1 atom stereocenters. The van der Waals surface area contributed by atoms with Gasteiger partial charge < -0.3 is 15.1 Å². The monoisotopic (exact) mass is 567 g/mol. The number of carbonyl (C=O) groups excluding carboxylic acids is 2. The number of hydrogen-bond donors (Lipinski definition) is 1. The number of halogens is 4. The molecule has 2 saturated heterocycles. The Kier molecular flexibility index (Phi) is 6.83. The number of hydrogen-bond acceptors (Lipinski definition) is 4. The van der Waals surface area contributed by atoms with Gasteiger partial charge in [0.05, 0.1) is 5.56 Å². The van der Waals surface area contributed by atoms with Crippen molar-refractivity contribution in [3.05, 3.63) is 94.6 Å². The van der Waals surface area contributed by atoms with Crippen LogP contribution in [0.1, 0.15) is 32.0 Å². The van der Waals surface area contributed by atoms with Gasteiger partial charge in [-0.05, 0) is 53.9 Å². The highest BCUT2D eigenvalue weighted by molar-refractivity contribution is 7.20. The van der Waals surface area contributed by atoms with E-state index in [9.17, 15) is 22.8 Å². The van der Waals surface area contributed by atoms with Crippen LogP contribution in [0.5, 0.6) is 0 Å². The largest absolute Gasteiger partial charge is 0.416 e. The average molecular weight is 568 g/mol. The van der Waals surface area contributed by atoms with Gasteiger partial charge in [0.15, 0.2) is 5.82 Å². The van der Waals surface area contributed by atoms with E-state index < -0.39 is 17.6 Å². The summed E-state index contributed by atoms with van der Waals surface area (Å²) < 4.78 is 54.6. The Labute approximate surface area is 232 Å². The molecule has 5 nitrogen and oxygen atoms in total. The topological polar surface area (TPSA) is 52.7 Å². The molecule has 0 bridgehead atoms. The van der Waals surface area contributed by atoms with Gasteiger partial charge in [-0.2, -0.15) is 13.2 Å². The van der Waals surface area contributed by atoms with Crippen LogP contribution in [0, 0.1) is 5.82 Å². The van der Waals surface area contributed by atoms with Crippen LogP contribution >= 0.6 is 11.3 Å². The molecule has 2 fully saturated rings. The Morgan fingerprint density at radius 1 is 0.825 bits per heavy atom. The van der Waals surface area contributed by atoms with E-state index >= 15 is 4.39 Å². The number of nitrogens with one attached hydrogen (secondary N) is 1. The van der Waals surface area contributed by atoms with E-state index in [1.54, 1.807) is 35.2 Å². The van der Waals surface area contributed by atoms with E-state index in [0.717, 1.165) is 29.9 Å². The highest BCUT2D eigenvalue weighted by Crippen LogP contribution is 2.36. The third-order valence-corrected chi connectivity index (χ3v) is 8.64. The van der Waals surface area contributed by atoms with Crippen molar-refractivity contribution < 1.29 is 27.2 Å². The fourth-order valence-electron chi connectivity index (χ4n) is 5.31. The van der Waals surface area contributed by atoms with Crippen LogP contribution < -0.4 is 5.32 Å². The molecule has 0 unspecified atom stereocenters. The van der Waals surface area contributed by atoms with Gasteiger partial charge >= 0.3 is 6.18 Å². The maximum atomic E-state index is 15.4. The smallest absolute Gasteiger partial charge is 0.337 e. The molecule has 4 aromatic rings. The molecule has 40 heavy (non-hydrogen) atoms. The number of carbonyl (C=O) groups is 2. The van der Waals surface area contributed by atoms with E-state index in [-0.39, 0.29) is 34.2 Å². The summed E-state index contributed by atoms with van der Waals surface area (Å²) in [5.41, 5.74) is 1.02. The summed E-state index contributed by atoms with van der Waals surface area (Å²) in [5.74, 6) is -0.974. The van der Waals surface area contributed by atoms with E-state index in [0.29, 0.717) is 47.6 Å². The summed E-state index contributed by atoms with van der Waals surface area (Å²) in [6.07, 6.45) is -3.60. The molecule has 3 aromatic carbocycles. The summed E-state index contributed by atoms with van der Waals surface area (Å²) in [6, 6.07) is 19.1. The molecule has 0 radical (unpaired) electrons. The Hall–Kier alpha value is -3.76. The van der Waals surface area contributed by atoms with Crippen LogP contribution in [0.25, 0.3) is 21.2 Å². The fraction of sp³-hybridized carbons (Fsp3) is 0.267. The van der Waals surface area contributed by atoms with Gasteiger partial charge in [0, 0.05) is 53.9 Å². The molecule has 0 aliphatic carbocycles. The first-order valence-electron chi connectivity index (χ1n) is 13.0. The van der Waals surface area contributed by atoms with Crippen LogP contribution in [-0.4, -0.2) is 59.9 Å². The SMILES string of the molecule is O=C(c1ccccc1)N1CC[C@H](NC2CN(C(=O)c3sc4ccc(-c5ccc(C(F)(F)F)cc5)cc4c3F)C2)C1. The maximum absolute atomic E-state index is 15.4. The lowest BCUT2D eigenvalue weighted by atomic mass is 10.0. The van der Waals surface area contributed by atoms with E-state index in [1.807, 2.05) is 23.1 Å². The number of alkyl halides is 3. The summed E-state index contributed by atoms with van der Waals surface area (Å²) in [6.45, 7) is 2.17. The zero-order chi connectivity index (χ0) is 28.0. The summed E-state index contributed by atoms with van der Waals surface area (Å²) >= 11 is 1.08. The van der Waals surface area contributed by atoms with Crippen molar-refractivity contribution in [2.75, 3.05) is 26.2 Å². The van der Waals surface area contributed by atoms with Crippen molar-refractivity contribution in [2.24, 2.45) is 0 Å². The van der Waals surface area contributed by atoms with Crippen LogP contribution in [0.3, 0.4) is 0 Å². The first-order chi connectivity index (χ1) is 19.2. The zero-order valence-electron chi connectivity index (χ0n) is 21.2.